The van der Waals surface area contributed by atoms with Crippen molar-refractivity contribution >= 4 is 53.9 Å². The van der Waals surface area contributed by atoms with E-state index in [1.807, 2.05) is 0 Å². The Hall–Kier alpha value is -3.14. The fourth-order valence-corrected chi connectivity index (χ4v) is 4.69. The molecule has 4 aromatic rings. The van der Waals surface area contributed by atoms with Crippen LogP contribution in [0.1, 0.15) is 24.0 Å². The van der Waals surface area contributed by atoms with Crippen molar-refractivity contribution in [2.45, 2.75) is 31.7 Å². The lowest BCUT2D eigenvalue weighted by molar-refractivity contribution is -0.139. The second-order valence-electron chi connectivity index (χ2n) is 8.45. The van der Waals surface area contributed by atoms with Gasteiger partial charge in [-0.1, -0.05) is 0 Å². The summed E-state index contributed by atoms with van der Waals surface area (Å²) < 4.78 is 95.3. The molecule has 0 radical (unpaired) electrons. The lowest BCUT2D eigenvalue weighted by atomic mass is 10.1. The molecule has 0 saturated carbocycles. The van der Waals surface area contributed by atoms with Crippen molar-refractivity contribution < 1.29 is 30.7 Å². The van der Waals surface area contributed by atoms with E-state index in [2.05, 4.69) is 29.6 Å². The van der Waals surface area contributed by atoms with Gasteiger partial charge < -0.3 is 9.88 Å². The maximum Gasteiger partial charge on any atom is 0.423 e. The van der Waals surface area contributed by atoms with Crippen LogP contribution in [0.3, 0.4) is 0 Å². The first-order valence-corrected chi connectivity index (χ1v) is 12.8. The number of halogens is 8. The van der Waals surface area contributed by atoms with E-state index in [0.717, 1.165) is 6.20 Å². The van der Waals surface area contributed by atoms with Gasteiger partial charge in [0.15, 0.2) is 5.82 Å². The molecule has 3 heterocycles. The number of unbranched alkanes of at least 4 members (excludes halogenated alkanes) is 1. The van der Waals surface area contributed by atoms with Crippen molar-refractivity contribution in [2.24, 2.45) is 0 Å². The average molecular weight is 700 g/mol. The van der Waals surface area contributed by atoms with Crippen LogP contribution < -0.4 is 21.7 Å². The SMILES string of the molecule is O=c1c2c(P)c(F)c(-c3ncc(C(F)(F)F)cn3)cc2ccn1CCCCNc1cnn(I)c(=O)c1C(F)(F)F. The predicted octanol–water partition coefficient (Wildman–Crippen LogP) is 4.78. The minimum absolute atomic E-state index is 0.0269. The number of fused-ring (bicyclic) bond motifs is 1. The lowest BCUT2D eigenvalue weighted by Crippen LogP contribution is -2.28. The van der Waals surface area contributed by atoms with Gasteiger partial charge in [0.05, 0.1) is 51.3 Å². The zero-order valence-electron chi connectivity index (χ0n) is 19.9. The van der Waals surface area contributed by atoms with E-state index in [4.69, 9.17) is 0 Å². The number of benzene rings is 1. The fraction of sp³-hybridized carbons (Fsp3) is 0.261. The van der Waals surface area contributed by atoms with Crippen molar-refractivity contribution in [1.82, 2.24) is 22.5 Å². The summed E-state index contributed by atoms with van der Waals surface area (Å²) in [4.78, 5) is 32.2. The number of rotatable bonds is 7. The number of aryl methyl sites for hydroxylation is 1. The van der Waals surface area contributed by atoms with Gasteiger partial charge in [0.1, 0.15) is 11.4 Å². The Morgan fingerprint density at radius 1 is 0.975 bits per heavy atom. The van der Waals surface area contributed by atoms with Crippen LogP contribution in [0.15, 0.2) is 46.5 Å². The standard InChI is InChI=1S/C23H17F7IN6O2P/c24-17-13(19-33-8-12(9-34-19)22(25,26)27)7-11-3-6-36(20(38)15(11)18(17)40)5-2-1-4-32-14-10-35-37(31)21(39)16(14)23(28,29)30/h3,6-10,32H,1-2,4-5,40H2. The molecule has 0 aliphatic rings. The van der Waals surface area contributed by atoms with E-state index in [1.54, 1.807) is 0 Å². The van der Waals surface area contributed by atoms with Gasteiger partial charge in [-0.05, 0) is 30.4 Å². The number of nitrogens with one attached hydrogen (secondary N) is 1. The number of aromatic nitrogens is 5. The summed E-state index contributed by atoms with van der Waals surface area (Å²) in [7, 11) is 2.11. The minimum Gasteiger partial charge on any atom is -0.383 e. The van der Waals surface area contributed by atoms with Crippen molar-refractivity contribution in [3.05, 3.63) is 74.6 Å². The van der Waals surface area contributed by atoms with Crippen molar-refractivity contribution in [2.75, 3.05) is 11.9 Å². The maximum absolute atomic E-state index is 15.2. The molecule has 1 N–H and O–H groups in total. The molecule has 8 nitrogen and oxygen atoms in total. The molecule has 1 unspecified atom stereocenters. The Bertz CT molecular complexity index is 1690. The summed E-state index contributed by atoms with van der Waals surface area (Å²) in [5.41, 5.74) is -4.93. The zero-order chi connectivity index (χ0) is 29.4. The van der Waals surface area contributed by atoms with Crippen LogP contribution in [-0.4, -0.2) is 29.1 Å². The molecule has 17 heteroatoms. The molecule has 0 amide bonds. The molecular weight excluding hydrogens is 683 g/mol. The smallest absolute Gasteiger partial charge is 0.383 e. The molecule has 4 rings (SSSR count). The normalized spacial score (nSPS) is 12.2. The van der Waals surface area contributed by atoms with Crippen LogP contribution in [0.5, 0.6) is 0 Å². The number of hydrogen-bond acceptors (Lipinski definition) is 6. The molecule has 1 aromatic carbocycles. The van der Waals surface area contributed by atoms with Gasteiger partial charge in [-0.25, -0.2) is 14.4 Å². The highest BCUT2D eigenvalue weighted by molar-refractivity contribution is 14.1. The van der Waals surface area contributed by atoms with Crippen molar-refractivity contribution in [1.29, 1.82) is 0 Å². The van der Waals surface area contributed by atoms with Crippen molar-refractivity contribution in [3.63, 3.8) is 0 Å². The highest BCUT2D eigenvalue weighted by atomic mass is 127. The minimum atomic E-state index is -4.88. The third kappa shape index (κ3) is 6.11. The van der Waals surface area contributed by atoms with Gasteiger partial charge >= 0.3 is 12.4 Å². The van der Waals surface area contributed by atoms with Gasteiger partial charge in [-0.3, -0.25) is 9.59 Å². The Kier molecular flexibility index (Phi) is 8.49. The zero-order valence-corrected chi connectivity index (χ0v) is 23.3. The number of pyridine rings is 1. The van der Waals surface area contributed by atoms with Gasteiger partial charge in [-0.2, -0.15) is 34.3 Å². The van der Waals surface area contributed by atoms with Crippen LogP contribution in [0.2, 0.25) is 0 Å². The number of hydrogen-bond donors (Lipinski definition) is 1. The molecule has 0 saturated heterocycles. The van der Waals surface area contributed by atoms with E-state index in [-0.39, 0.29) is 35.2 Å². The number of anilines is 1. The van der Waals surface area contributed by atoms with E-state index in [1.165, 1.54) is 45.8 Å². The third-order valence-corrected chi connectivity index (χ3v) is 7.05. The Morgan fingerprint density at radius 2 is 1.65 bits per heavy atom. The molecule has 0 fully saturated rings. The Morgan fingerprint density at radius 3 is 2.27 bits per heavy atom. The number of nitrogens with zero attached hydrogens (tertiary/aromatic N) is 5. The fourth-order valence-electron chi connectivity index (χ4n) is 3.88. The van der Waals surface area contributed by atoms with E-state index < -0.39 is 46.1 Å². The second kappa shape index (κ2) is 11.4. The van der Waals surface area contributed by atoms with Gasteiger partial charge in [0.2, 0.25) is 0 Å². The van der Waals surface area contributed by atoms with Crippen LogP contribution >= 0.6 is 32.1 Å². The summed E-state index contributed by atoms with van der Waals surface area (Å²) in [5, 5.41) is 6.37. The first-order chi connectivity index (χ1) is 18.7. The largest absolute Gasteiger partial charge is 0.423 e. The van der Waals surface area contributed by atoms with Crippen LogP contribution in [-0.2, 0) is 18.9 Å². The predicted molar refractivity (Wildman–Crippen MR) is 144 cm³/mol. The summed E-state index contributed by atoms with van der Waals surface area (Å²) in [5.74, 6) is -1.17. The highest BCUT2D eigenvalue weighted by Gasteiger charge is 2.38. The quantitative estimate of drug-likeness (QED) is 0.129. The first-order valence-electron chi connectivity index (χ1n) is 11.3. The Balaban J connectivity index is 1.49. The topological polar surface area (TPSA) is 94.7 Å². The third-order valence-electron chi connectivity index (χ3n) is 5.82. The van der Waals surface area contributed by atoms with Gasteiger partial charge in [0.25, 0.3) is 11.1 Å². The first kappa shape index (κ1) is 29.8. The lowest BCUT2D eigenvalue weighted by Gasteiger charge is -2.14. The summed E-state index contributed by atoms with van der Waals surface area (Å²) in [6.45, 7) is 0.212. The highest BCUT2D eigenvalue weighted by Crippen LogP contribution is 2.32. The van der Waals surface area contributed by atoms with Crippen LogP contribution in [0, 0.1) is 5.82 Å². The Labute approximate surface area is 236 Å². The van der Waals surface area contributed by atoms with Crippen LogP contribution in [0.25, 0.3) is 22.2 Å². The summed E-state index contributed by atoms with van der Waals surface area (Å²) >= 11 is 1.35. The number of alkyl halides is 6. The second-order valence-corrected chi connectivity index (χ2v) is 9.94. The molecule has 0 aliphatic heterocycles. The molecule has 3 aromatic heterocycles. The van der Waals surface area contributed by atoms with Crippen molar-refractivity contribution in [3.8, 4) is 11.4 Å². The molecule has 1 atom stereocenters. The monoisotopic (exact) mass is 700 g/mol. The summed E-state index contributed by atoms with van der Waals surface area (Å²) in [6, 6.07) is 2.79. The molecule has 0 aliphatic carbocycles. The molecule has 0 spiro atoms. The van der Waals surface area contributed by atoms with E-state index in [9.17, 15) is 35.9 Å². The van der Waals surface area contributed by atoms with E-state index in [0.29, 0.717) is 33.5 Å². The maximum atomic E-state index is 15.2. The molecular formula is C23H17F7IN6O2P. The van der Waals surface area contributed by atoms with E-state index >= 15 is 4.39 Å². The molecule has 212 valence electrons. The van der Waals surface area contributed by atoms with Gasteiger partial charge in [0, 0.05) is 37.0 Å². The molecule has 0 bridgehead atoms. The van der Waals surface area contributed by atoms with Crippen LogP contribution in [0.4, 0.5) is 36.4 Å². The average Bonchev–Trinajstić information content (AvgIpc) is 2.87. The molecule has 40 heavy (non-hydrogen) atoms. The summed E-state index contributed by atoms with van der Waals surface area (Å²) in [6.07, 6.45) is -5.43. The van der Waals surface area contributed by atoms with Gasteiger partial charge in [-0.15, -0.1) is 9.24 Å².